The first-order valence-corrected chi connectivity index (χ1v) is 11.9. The Kier molecular flexibility index (Phi) is 7.80. The van der Waals surface area contributed by atoms with E-state index in [-0.39, 0.29) is 35.0 Å². The van der Waals surface area contributed by atoms with Crippen molar-refractivity contribution in [1.82, 2.24) is 0 Å². The molecule has 1 fully saturated rings. The predicted molar refractivity (Wildman–Crippen MR) is 124 cm³/mol. The fourth-order valence-corrected chi connectivity index (χ4v) is 4.74. The minimum atomic E-state index is -1.50. The number of ether oxygens (including phenoxy) is 2. The van der Waals surface area contributed by atoms with E-state index in [1.165, 1.54) is 19.1 Å². The third-order valence-corrected chi connectivity index (χ3v) is 6.76. The van der Waals surface area contributed by atoms with Gasteiger partial charge in [-0.2, -0.15) is 8.78 Å². The number of aryl methyl sites for hydroxylation is 1. The lowest BCUT2D eigenvalue weighted by Crippen LogP contribution is -2.17. The van der Waals surface area contributed by atoms with Gasteiger partial charge in [-0.15, -0.1) is 0 Å². The van der Waals surface area contributed by atoms with Crippen LogP contribution in [0.5, 0.6) is 11.5 Å². The van der Waals surface area contributed by atoms with Gasteiger partial charge in [0.05, 0.1) is 12.2 Å². The van der Waals surface area contributed by atoms with Gasteiger partial charge in [-0.05, 0) is 86.3 Å². The van der Waals surface area contributed by atoms with Crippen molar-refractivity contribution in [1.29, 1.82) is 0 Å². The Bertz CT molecular complexity index is 1330. The number of esters is 1. The number of halogens is 6. The van der Waals surface area contributed by atoms with E-state index in [1.807, 2.05) is 0 Å². The molecule has 196 valence electrons. The summed E-state index contributed by atoms with van der Waals surface area (Å²) in [4.78, 5) is 12.4. The van der Waals surface area contributed by atoms with Crippen LogP contribution < -0.4 is 9.47 Å². The molecule has 0 aromatic heterocycles. The average Bonchev–Trinajstić information content (AvgIpc) is 2.89. The third-order valence-electron chi connectivity index (χ3n) is 6.76. The van der Waals surface area contributed by atoms with Gasteiger partial charge in [0.2, 0.25) is 11.6 Å². The molecule has 1 aliphatic rings. The second-order valence-electron chi connectivity index (χ2n) is 8.99. The molecule has 0 radical (unpaired) electrons. The summed E-state index contributed by atoms with van der Waals surface area (Å²) in [5.41, 5.74) is -0.257. The molecule has 4 rings (SSSR count). The lowest BCUT2D eigenvalue weighted by Gasteiger charge is -2.29. The first-order valence-electron chi connectivity index (χ1n) is 11.9. The summed E-state index contributed by atoms with van der Waals surface area (Å²) < 4.78 is 96.1. The first kappa shape index (κ1) is 26.6. The van der Waals surface area contributed by atoms with Crippen molar-refractivity contribution in [2.75, 3.05) is 6.61 Å². The maximum atomic E-state index is 15.0. The van der Waals surface area contributed by atoms with Gasteiger partial charge in [0.25, 0.3) is 0 Å². The zero-order chi connectivity index (χ0) is 26.9. The summed E-state index contributed by atoms with van der Waals surface area (Å²) in [5, 5.41) is 0. The molecule has 0 atom stereocenters. The first-order chi connectivity index (χ1) is 17.6. The second kappa shape index (κ2) is 10.9. The third kappa shape index (κ3) is 5.17. The molecule has 0 saturated heterocycles. The molecule has 0 bridgehead atoms. The van der Waals surface area contributed by atoms with Gasteiger partial charge >= 0.3 is 5.97 Å². The maximum absolute atomic E-state index is 15.0. The van der Waals surface area contributed by atoms with Crippen LogP contribution in [0, 0.1) is 41.8 Å². The Morgan fingerprint density at radius 1 is 0.703 bits per heavy atom. The zero-order valence-corrected chi connectivity index (χ0v) is 20.1. The Hall–Kier alpha value is -3.49. The van der Waals surface area contributed by atoms with Crippen LogP contribution in [-0.2, 0) is 0 Å². The van der Waals surface area contributed by atoms with Crippen molar-refractivity contribution < 1.29 is 40.6 Å². The summed E-state index contributed by atoms with van der Waals surface area (Å²) in [5.74, 6) is -10.6. The molecule has 1 aliphatic carbocycles. The lowest BCUT2D eigenvalue weighted by molar-refractivity contribution is 0.0720. The van der Waals surface area contributed by atoms with Crippen molar-refractivity contribution in [3.63, 3.8) is 0 Å². The summed E-state index contributed by atoms with van der Waals surface area (Å²) in [6.07, 6.45) is 1.68. The van der Waals surface area contributed by atoms with Gasteiger partial charge in [-0.25, -0.2) is 22.4 Å². The smallest absolute Gasteiger partial charge is 0.346 e. The molecule has 0 spiro atoms. The van der Waals surface area contributed by atoms with Crippen molar-refractivity contribution in [3.05, 3.63) is 93.6 Å². The average molecular weight is 522 g/mol. The monoisotopic (exact) mass is 522 g/mol. The summed E-state index contributed by atoms with van der Waals surface area (Å²) in [6, 6.07) is 7.35. The number of hydrogen-bond donors (Lipinski definition) is 0. The highest BCUT2D eigenvalue weighted by Crippen LogP contribution is 2.42. The zero-order valence-electron chi connectivity index (χ0n) is 20.1. The highest BCUT2D eigenvalue weighted by atomic mass is 19.2. The van der Waals surface area contributed by atoms with Gasteiger partial charge in [0.15, 0.2) is 34.8 Å². The number of carbonyl (C=O) groups excluding carboxylic acids is 1. The lowest BCUT2D eigenvalue weighted by atomic mass is 9.75. The van der Waals surface area contributed by atoms with Crippen LogP contribution in [0.4, 0.5) is 26.3 Å². The van der Waals surface area contributed by atoms with E-state index in [2.05, 4.69) is 0 Å². The van der Waals surface area contributed by atoms with Crippen LogP contribution in [0.15, 0.2) is 36.4 Å². The Balaban J connectivity index is 1.48. The highest BCUT2D eigenvalue weighted by Gasteiger charge is 2.30. The van der Waals surface area contributed by atoms with Crippen LogP contribution >= 0.6 is 0 Å². The van der Waals surface area contributed by atoms with Crippen LogP contribution in [0.3, 0.4) is 0 Å². The summed E-state index contributed by atoms with van der Waals surface area (Å²) in [7, 11) is 0. The van der Waals surface area contributed by atoms with Crippen LogP contribution in [0.2, 0.25) is 0 Å². The number of carbonyl (C=O) groups is 1. The minimum Gasteiger partial charge on any atom is -0.491 e. The van der Waals surface area contributed by atoms with E-state index in [0.29, 0.717) is 25.7 Å². The predicted octanol–water partition coefficient (Wildman–Crippen LogP) is 7.89. The van der Waals surface area contributed by atoms with E-state index in [0.717, 1.165) is 18.2 Å². The molecule has 1 saturated carbocycles. The van der Waals surface area contributed by atoms with Gasteiger partial charge in [-0.3, -0.25) is 0 Å². The number of rotatable bonds is 6. The molecule has 3 nitrogen and oxygen atoms in total. The van der Waals surface area contributed by atoms with Gasteiger partial charge in [0, 0.05) is 0 Å². The molecule has 9 heteroatoms. The summed E-state index contributed by atoms with van der Waals surface area (Å²) >= 11 is 0. The highest BCUT2D eigenvalue weighted by molar-refractivity contribution is 5.91. The van der Waals surface area contributed by atoms with Crippen molar-refractivity contribution in [2.45, 2.75) is 51.4 Å². The molecule has 37 heavy (non-hydrogen) atoms. The fraction of sp³-hybridized carbons (Fsp3) is 0.321. The molecule has 0 aliphatic heterocycles. The van der Waals surface area contributed by atoms with E-state index in [4.69, 9.17) is 9.47 Å². The number of hydrogen-bond acceptors (Lipinski definition) is 3. The minimum absolute atomic E-state index is 0.0429. The van der Waals surface area contributed by atoms with Crippen LogP contribution in [-0.4, -0.2) is 12.6 Å². The topological polar surface area (TPSA) is 35.5 Å². The maximum Gasteiger partial charge on any atom is 0.346 e. The molecule has 3 aromatic rings. The van der Waals surface area contributed by atoms with Gasteiger partial charge in [-0.1, -0.05) is 18.2 Å². The summed E-state index contributed by atoms with van der Waals surface area (Å²) in [6.45, 7) is 3.13. The Labute approximate surface area is 210 Å². The molecule has 0 unspecified atom stereocenters. The molecule has 0 heterocycles. The van der Waals surface area contributed by atoms with E-state index in [1.54, 1.807) is 13.0 Å². The van der Waals surface area contributed by atoms with Gasteiger partial charge in [0.1, 0.15) is 0 Å². The van der Waals surface area contributed by atoms with E-state index < -0.39 is 58.1 Å². The van der Waals surface area contributed by atoms with Crippen molar-refractivity contribution >= 4 is 5.97 Å². The quantitative estimate of drug-likeness (QED) is 0.188. The van der Waals surface area contributed by atoms with Crippen molar-refractivity contribution in [3.8, 4) is 11.5 Å². The SMILES string of the molecule is CCOc1ccc(OC(=O)c2ccc(C3CCC(c4ccc(C)c(F)c4F)CC3)c(F)c2F)c(F)c1F. The van der Waals surface area contributed by atoms with Crippen LogP contribution in [0.25, 0.3) is 0 Å². The number of benzene rings is 3. The van der Waals surface area contributed by atoms with Crippen molar-refractivity contribution in [2.24, 2.45) is 0 Å². The molecule has 0 amide bonds. The second-order valence-corrected chi connectivity index (χ2v) is 8.99. The fourth-order valence-electron chi connectivity index (χ4n) is 4.74. The Morgan fingerprint density at radius 3 is 1.81 bits per heavy atom. The standard InChI is InChI=1S/C28H24F6O3/c1-3-36-20-12-13-21(27(34)26(20)33)37-28(35)19-11-10-18(24(31)25(19)32)16-7-5-15(6-8-16)17-9-4-14(2)22(29)23(17)30/h4,9-13,15-16H,3,5-8H2,1-2H3. The van der Waals surface area contributed by atoms with E-state index in [9.17, 15) is 31.1 Å². The molecule has 3 aromatic carbocycles. The molecular formula is C28H24F6O3. The molecular weight excluding hydrogens is 498 g/mol. The van der Waals surface area contributed by atoms with Gasteiger partial charge < -0.3 is 9.47 Å². The van der Waals surface area contributed by atoms with E-state index >= 15 is 0 Å². The largest absolute Gasteiger partial charge is 0.491 e. The van der Waals surface area contributed by atoms with Crippen LogP contribution in [0.1, 0.15) is 71.5 Å². The normalized spacial score (nSPS) is 17.5. The Morgan fingerprint density at radius 2 is 1.22 bits per heavy atom. The molecule has 0 N–H and O–H groups in total.